The highest BCUT2D eigenvalue weighted by molar-refractivity contribution is 5.83. The van der Waals surface area contributed by atoms with Gasteiger partial charge in [-0.15, -0.1) is 0 Å². The quantitative estimate of drug-likeness (QED) is 0.361. The van der Waals surface area contributed by atoms with Gasteiger partial charge in [-0.1, -0.05) is 13.3 Å². The molecule has 0 heterocycles. The van der Waals surface area contributed by atoms with E-state index in [1.165, 1.54) is 0 Å². The van der Waals surface area contributed by atoms with Gasteiger partial charge in [-0.3, -0.25) is 0 Å². The summed E-state index contributed by atoms with van der Waals surface area (Å²) in [6.45, 7) is 2.43. The lowest BCUT2D eigenvalue weighted by Gasteiger charge is -1.97. The molecule has 0 unspecified atom stereocenters. The van der Waals surface area contributed by atoms with Gasteiger partial charge in [0.25, 0.3) is 0 Å². The molecular weight excluding hydrogens is 148 g/mol. The van der Waals surface area contributed by atoms with Crippen LogP contribution in [0.1, 0.15) is 19.8 Å². The van der Waals surface area contributed by atoms with Crippen molar-refractivity contribution in [2.45, 2.75) is 19.8 Å². The maximum Gasteiger partial charge on any atom is 0.374 e. The molecule has 64 valence electrons. The van der Waals surface area contributed by atoms with Gasteiger partial charge in [0.2, 0.25) is 5.76 Å². The van der Waals surface area contributed by atoms with Crippen LogP contribution in [-0.2, 0) is 9.53 Å². The average molecular weight is 160 g/mol. The summed E-state index contributed by atoms with van der Waals surface area (Å²) in [6, 6.07) is 0. The second-order valence-corrected chi connectivity index (χ2v) is 2.03. The smallest absolute Gasteiger partial charge is 0.374 e. The average Bonchev–Trinajstić information content (AvgIpc) is 1.97. The van der Waals surface area contributed by atoms with Crippen LogP contribution in [0.4, 0.5) is 0 Å². The molecule has 0 atom stereocenters. The summed E-state index contributed by atoms with van der Waals surface area (Å²) in [7, 11) is 0. The second-order valence-electron chi connectivity index (χ2n) is 2.03. The molecule has 0 aliphatic rings. The van der Waals surface area contributed by atoms with Crippen LogP contribution in [0, 0.1) is 0 Å². The van der Waals surface area contributed by atoms with E-state index >= 15 is 0 Å². The zero-order chi connectivity index (χ0) is 8.69. The van der Waals surface area contributed by atoms with Crippen molar-refractivity contribution in [2.24, 2.45) is 0 Å². The predicted molar refractivity (Wildman–Crippen MR) is 39.2 cm³/mol. The zero-order valence-corrected chi connectivity index (χ0v) is 6.41. The van der Waals surface area contributed by atoms with E-state index in [1.54, 1.807) is 0 Å². The number of carboxylic acid groups (broad SMARTS) is 1. The van der Waals surface area contributed by atoms with Gasteiger partial charge in [-0.05, 0) is 6.42 Å². The Kier molecular flexibility index (Phi) is 4.98. The molecular formula is C7H12O4. The summed E-state index contributed by atoms with van der Waals surface area (Å²) in [6.07, 6.45) is 2.67. The molecule has 0 saturated heterocycles. The Bertz CT molecular complexity index is 151. The lowest BCUT2D eigenvalue weighted by Crippen LogP contribution is -2.00. The van der Waals surface area contributed by atoms with Crippen molar-refractivity contribution >= 4 is 5.97 Å². The van der Waals surface area contributed by atoms with Gasteiger partial charge < -0.3 is 14.9 Å². The molecule has 0 aliphatic carbocycles. The molecule has 2 N–H and O–H groups in total. The number of aliphatic hydroxyl groups excluding tert-OH is 1. The Balaban J connectivity index is 3.48. The molecule has 11 heavy (non-hydrogen) atoms. The first kappa shape index (κ1) is 9.81. The number of rotatable bonds is 5. The van der Waals surface area contributed by atoms with Crippen LogP contribution in [0.15, 0.2) is 12.0 Å². The SMILES string of the molecule is CCCCOC=C(O)C(=O)O. The van der Waals surface area contributed by atoms with Gasteiger partial charge in [-0.2, -0.15) is 0 Å². The number of aliphatic carboxylic acids is 1. The fourth-order valence-electron chi connectivity index (χ4n) is 0.416. The standard InChI is InChI=1S/C7H12O4/c1-2-3-4-11-5-6(8)7(9)10/h5,8H,2-4H2,1H3,(H,9,10). The summed E-state index contributed by atoms with van der Waals surface area (Å²) < 4.78 is 4.70. The topological polar surface area (TPSA) is 66.8 Å². The van der Waals surface area contributed by atoms with Gasteiger partial charge in [0.05, 0.1) is 6.61 Å². The third-order valence-corrected chi connectivity index (χ3v) is 1.03. The number of ether oxygens (including phenoxy) is 1. The maximum atomic E-state index is 9.96. The molecule has 0 rings (SSSR count). The van der Waals surface area contributed by atoms with Gasteiger partial charge in [0.15, 0.2) is 0 Å². The van der Waals surface area contributed by atoms with Crippen LogP contribution in [-0.4, -0.2) is 22.8 Å². The van der Waals surface area contributed by atoms with Gasteiger partial charge in [0, 0.05) is 0 Å². The lowest BCUT2D eigenvalue weighted by atomic mass is 10.4. The summed E-state index contributed by atoms with van der Waals surface area (Å²) in [5.41, 5.74) is 0. The van der Waals surface area contributed by atoms with Crippen molar-refractivity contribution in [1.29, 1.82) is 0 Å². The van der Waals surface area contributed by atoms with Gasteiger partial charge >= 0.3 is 5.97 Å². The van der Waals surface area contributed by atoms with Crippen LogP contribution in [0.5, 0.6) is 0 Å². The lowest BCUT2D eigenvalue weighted by molar-refractivity contribution is -0.135. The molecule has 0 aromatic carbocycles. The molecule has 0 aromatic heterocycles. The van der Waals surface area contributed by atoms with Crippen molar-refractivity contribution in [3.63, 3.8) is 0 Å². The second kappa shape index (κ2) is 5.58. The van der Waals surface area contributed by atoms with Crippen molar-refractivity contribution in [3.8, 4) is 0 Å². The fraction of sp³-hybridized carbons (Fsp3) is 0.571. The van der Waals surface area contributed by atoms with E-state index in [-0.39, 0.29) is 0 Å². The Hall–Kier alpha value is -1.19. The number of hydrogen-bond donors (Lipinski definition) is 2. The summed E-state index contributed by atoms with van der Waals surface area (Å²) in [5, 5.41) is 16.7. The van der Waals surface area contributed by atoms with Gasteiger partial charge in [0.1, 0.15) is 6.26 Å². The highest BCUT2D eigenvalue weighted by atomic mass is 16.5. The fourth-order valence-corrected chi connectivity index (χ4v) is 0.416. The Labute approximate surface area is 65.1 Å². The largest absolute Gasteiger partial charge is 0.500 e. The Morgan fingerprint density at radius 1 is 1.55 bits per heavy atom. The molecule has 0 spiro atoms. The van der Waals surface area contributed by atoms with E-state index in [9.17, 15) is 4.79 Å². The summed E-state index contributed by atoms with van der Waals surface area (Å²) in [4.78, 5) is 9.96. The van der Waals surface area contributed by atoms with E-state index in [2.05, 4.69) is 0 Å². The maximum absolute atomic E-state index is 9.96. The van der Waals surface area contributed by atoms with E-state index in [4.69, 9.17) is 14.9 Å². The molecule has 0 aromatic rings. The first-order chi connectivity index (χ1) is 5.18. The molecule has 0 radical (unpaired) electrons. The summed E-state index contributed by atoms with van der Waals surface area (Å²) in [5.74, 6) is -2.14. The predicted octanol–water partition coefficient (Wildman–Crippen LogP) is 1.29. The van der Waals surface area contributed by atoms with E-state index < -0.39 is 11.7 Å². The monoisotopic (exact) mass is 160 g/mol. The molecule has 4 nitrogen and oxygen atoms in total. The molecule has 0 fully saturated rings. The minimum Gasteiger partial charge on any atom is -0.500 e. The third-order valence-electron chi connectivity index (χ3n) is 1.03. The van der Waals surface area contributed by atoms with Crippen LogP contribution >= 0.6 is 0 Å². The minimum absolute atomic E-state index is 0.438. The highest BCUT2D eigenvalue weighted by Gasteiger charge is 2.02. The van der Waals surface area contributed by atoms with E-state index in [0.717, 1.165) is 19.1 Å². The van der Waals surface area contributed by atoms with E-state index in [1.807, 2.05) is 6.92 Å². The number of unbranched alkanes of at least 4 members (excludes halogenated alkanes) is 1. The number of carbonyl (C=O) groups is 1. The minimum atomic E-state index is -1.37. The number of carboxylic acids is 1. The first-order valence-corrected chi connectivity index (χ1v) is 3.42. The normalized spacial score (nSPS) is 11.2. The third kappa shape index (κ3) is 5.26. The van der Waals surface area contributed by atoms with Crippen molar-refractivity contribution in [3.05, 3.63) is 12.0 Å². The van der Waals surface area contributed by atoms with Crippen molar-refractivity contribution < 1.29 is 19.7 Å². The zero-order valence-electron chi connectivity index (χ0n) is 6.41. The Morgan fingerprint density at radius 2 is 2.18 bits per heavy atom. The Morgan fingerprint density at radius 3 is 2.64 bits per heavy atom. The van der Waals surface area contributed by atoms with E-state index in [0.29, 0.717) is 6.61 Å². The van der Waals surface area contributed by atoms with Crippen molar-refractivity contribution in [2.75, 3.05) is 6.61 Å². The number of hydrogen-bond acceptors (Lipinski definition) is 3. The molecule has 0 amide bonds. The summed E-state index contributed by atoms with van der Waals surface area (Å²) >= 11 is 0. The molecule has 0 saturated carbocycles. The van der Waals surface area contributed by atoms with Crippen LogP contribution in [0.25, 0.3) is 0 Å². The highest BCUT2D eigenvalue weighted by Crippen LogP contribution is 1.92. The van der Waals surface area contributed by atoms with Crippen molar-refractivity contribution in [1.82, 2.24) is 0 Å². The van der Waals surface area contributed by atoms with Crippen LogP contribution in [0.2, 0.25) is 0 Å². The number of aliphatic hydroxyl groups is 1. The first-order valence-electron chi connectivity index (χ1n) is 3.42. The molecule has 4 heteroatoms. The molecule has 0 bridgehead atoms. The van der Waals surface area contributed by atoms with Crippen LogP contribution < -0.4 is 0 Å². The van der Waals surface area contributed by atoms with Gasteiger partial charge in [-0.25, -0.2) is 4.79 Å². The van der Waals surface area contributed by atoms with Crippen LogP contribution in [0.3, 0.4) is 0 Å². The molecule has 0 aliphatic heterocycles.